The molecule has 3 rings (SSSR count). The first kappa shape index (κ1) is 20.4. The number of halogens is 2. The van der Waals surface area contributed by atoms with Crippen molar-refractivity contribution in [2.45, 2.75) is 11.3 Å². The zero-order chi connectivity index (χ0) is 20.1. The normalized spacial score (nSPS) is 15.4. The fourth-order valence-corrected chi connectivity index (χ4v) is 4.28. The third kappa shape index (κ3) is 4.92. The van der Waals surface area contributed by atoms with Crippen LogP contribution in [0.4, 0.5) is 8.78 Å². The lowest BCUT2D eigenvalue weighted by atomic mass is 10.1. The van der Waals surface area contributed by atoms with E-state index in [2.05, 4.69) is 5.32 Å². The zero-order valence-electron chi connectivity index (χ0n) is 15.0. The molecule has 0 unspecified atom stereocenters. The first-order chi connectivity index (χ1) is 13.4. The second-order valence-electron chi connectivity index (χ2n) is 6.32. The highest BCUT2D eigenvalue weighted by Gasteiger charge is 2.26. The van der Waals surface area contributed by atoms with Gasteiger partial charge in [0.2, 0.25) is 10.0 Å². The lowest BCUT2D eigenvalue weighted by molar-refractivity contribution is 0.0730. The largest absolute Gasteiger partial charge is 0.379 e. The number of benzene rings is 2. The van der Waals surface area contributed by atoms with Gasteiger partial charge in [0, 0.05) is 31.3 Å². The fraction of sp³-hybridized carbons (Fsp3) is 0.316. The van der Waals surface area contributed by atoms with Crippen LogP contribution in [0.5, 0.6) is 0 Å². The van der Waals surface area contributed by atoms with Crippen molar-refractivity contribution in [1.82, 2.24) is 9.62 Å². The Morgan fingerprint density at radius 1 is 1.04 bits per heavy atom. The second-order valence-corrected chi connectivity index (χ2v) is 8.26. The van der Waals surface area contributed by atoms with Crippen molar-refractivity contribution >= 4 is 15.9 Å². The van der Waals surface area contributed by atoms with Crippen LogP contribution in [-0.2, 0) is 21.2 Å². The van der Waals surface area contributed by atoms with E-state index >= 15 is 0 Å². The Hall–Kier alpha value is -2.36. The van der Waals surface area contributed by atoms with Crippen LogP contribution in [0, 0.1) is 11.6 Å². The minimum atomic E-state index is -3.54. The summed E-state index contributed by atoms with van der Waals surface area (Å²) in [5, 5.41) is 2.59. The lowest BCUT2D eigenvalue weighted by Gasteiger charge is -2.26. The van der Waals surface area contributed by atoms with Crippen molar-refractivity contribution in [3.05, 3.63) is 65.2 Å². The number of hydrogen-bond acceptors (Lipinski definition) is 4. The molecule has 0 spiro atoms. The lowest BCUT2D eigenvalue weighted by Crippen LogP contribution is -2.40. The topological polar surface area (TPSA) is 75.7 Å². The number of rotatable bonds is 6. The third-order valence-electron chi connectivity index (χ3n) is 4.36. The first-order valence-corrected chi connectivity index (χ1v) is 10.2. The van der Waals surface area contributed by atoms with E-state index in [1.807, 2.05) is 0 Å². The van der Waals surface area contributed by atoms with E-state index in [0.29, 0.717) is 38.8 Å². The number of ether oxygens (including phenoxy) is 1. The van der Waals surface area contributed by atoms with Crippen LogP contribution in [0.15, 0.2) is 47.4 Å². The molecule has 150 valence electrons. The predicted molar refractivity (Wildman–Crippen MR) is 98.4 cm³/mol. The average Bonchev–Trinajstić information content (AvgIpc) is 2.68. The van der Waals surface area contributed by atoms with Gasteiger partial charge in [0.05, 0.1) is 18.1 Å². The van der Waals surface area contributed by atoms with Gasteiger partial charge in [0.25, 0.3) is 5.91 Å². The molecule has 1 N–H and O–H groups in total. The van der Waals surface area contributed by atoms with Gasteiger partial charge < -0.3 is 10.1 Å². The summed E-state index contributed by atoms with van der Waals surface area (Å²) < 4.78 is 58.0. The summed E-state index contributed by atoms with van der Waals surface area (Å²) in [5.74, 6) is -2.21. The Balaban J connectivity index is 1.56. The standard InChI is InChI=1S/C19H20F2N2O4S/c20-16-11-15(12-17(21)13-16)19(24)22-6-5-14-1-3-18(4-2-14)28(25,26)23-7-9-27-10-8-23/h1-4,11-13H,5-10H2,(H,22,24). The predicted octanol–water partition coefficient (Wildman–Crippen LogP) is 1.96. The monoisotopic (exact) mass is 410 g/mol. The minimum Gasteiger partial charge on any atom is -0.379 e. The van der Waals surface area contributed by atoms with E-state index in [1.54, 1.807) is 12.1 Å². The number of carbonyl (C=O) groups excluding carboxylic acids is 1. The van der Waals surface area contributed by atoms with E-state index in [4.69, 9.17) is 4.74 Å². The van der Waals surface area contributed by atoms with Crippen molar-refractivity contribution < 1.29 is 26.7 Å². The summed E-state index contributed by atoms with van der Waals surface area (Å²) in [6.07, 6.45) is 0.446. The van der Waals surface area contributed by atoms with E-state index < -0.39 is 27.6 Å². The maximum Gasteiger partial charge on any atom is 0.251 e. The number of amides is 1. The van der Waals surface area contributed by atoms with E-state index in [9.17, 15) is 22.0 Å². The Labute approximate surface area is 162 Å². The van der Waals surface area contributed by atoms with Gasteiger partial charge in [0.15, 0.2) is 0 Å². The maximum atomic E-state index is 13.2. The fourth-order valence-electron chi connectivity index (χ4n) is 2.87. The van der Waals surface area contributed by atoms with Crippen LogP contribution in [0.2, 0.25) is 0 Å². The molecule has 1 aliphatic heterocycles. The molecule has 28 heavy (non-hydrogen) atoms. The second kappa shape index (κ2) is 8.76. The summed E-state index contributed by atoms with van der Waals surface area (Å²) in [7, 11) is -3.54. The highest BCUT2D eigenvalue weighted by atomic mass is 32.2. The Morgan fingerprint density at radius 3 is 2.25 bits per heavy atom. The molecule has 6 nitrogen and oxygen atoms in total. The molecule has 1 fully saturated rings. The Kier molecular flexibility index (Phi) is 6.38. The van der Waals surface area contributed by atoms with Crippen LogP contribution >= 0.6 is 0 Å². The molecule has 2 aromatic rings. The van der Waals surface area contributed by atoms with Crippen molar-refractivity contribution in [2.75, 3.05) is 32.8 Å². The number of morpholine rings is 1. The third-order valence-corrected chi connectivity index (χ3v) is 6.27. The smallest absolute Gasteiger partial charge is 0.251 e. The maximum absolute atomic E-state index is 13.2. The van der Waals surface area contributed by atoms with E-state index in [-0.39, 0.29) is 17.0 Å². The molecular formula is C19H20F2N2O4S. The summed E-state index contributed by atoms with van der Waals surface area (Å²) in [4.78, 5) is 12.2. The first-order valence-electron chi connectivity index (χ1n) is 8.77. The molecule has 0 aromatic heterocycles. The van der Waals surface area contributed by atoms with Gasteiger partial charge >= 0.3 is 0 Å². The van der Waals surface area contributed by atoms with Gasteiger partial charge in [-0.2, -0.15) is 4.31 Å². The summed E-state index contributed by atoms with van der Waals surface area (Å²) in [6.45, 7) is 1.67. The summed E-state index contributed by atoms with van der Waals surface area (Å²) in [5.41, 5.74) is 0.733. The van der Waals surface area contributed by atoms with Crippen molar-refractivity contribution in [2.24, 2.45) is 0 Å². The molecule has 0 saturated carbocycles. The average molecular weight is 410 g/mol. The molecular weight excluding hydrogens is 390 g/mol. The summed E-state index contributed by atoms with van der Waals surface area (Å²) in [6, 6.07) is 9.05. The Morgan fingerprint density at radius 2 is 1.64 bits per heavy atom. The van der Waals surface area contributed by atoms with Gasteiger partial charge in [-0.3, -0.25) is 4.79 Å². The van der Waals surface area contributed by atoms with Crippen LogP contribution in [-0.4, -0.2) is 51.5 Å². The van der Waals surface area contributed by atoms with Crippen LogP contribution < -0.4 is 5.32 Å². The van der Waals surface area contributed by atoms with E-state index in [0.717, 1.165) is 17.7 Å². The molecule has 0 bridgehead atoms. The van der Waals surface area contributed by atoms with Gasteiger partial charge in [0.1, 0.15) is 11.6 Å². The van der Waals surface area contributed by atoms with Gasteiger partial charge in [-0.1, -0.05) is 12.1 Å². The van der Waals surface area contributed by atoms with Crippen LogP contribution in [0.3, 0.4) is 0 Å². The number of hydrogen-bond donors (Lipinski definition) is 1. The number of nitrogens with one attached hydrogen (secondary N) is 1. The molecule has 0 aliphatic carbocycles. The van der Waals surface area contributed by atoms with Crippen LogP contribution in [0.1, 0.15) is 15.9 Å². The Bertz CT molecular complexity index is 923. The molecule has 1 aliphatic rings. The molecule has 1 heterocycles. The minimum absolute atomic E-state index is 0.0931. The molecule has 9 heteroatoms. The van der Waals surface area contributed by atoms with E-state index in [1.165, 1.54) is 16.4 Å². The van der Waals surface area contributed by atoms with Crippen LogP contribution in [0.25, 0.3) is 0 Å². The van der Waals surface area contributed by atoms with Crippen molar-refractivity contribution in [1.29, 1.82) is 0 Å². The quantitative estimate of drug-likeness (QED) is 0.790. The number of carbonyl (C=O) groups is 1. The van der Waals surface area contributed by atoms with Gasteiger partial charge in [-0.15, -0.1) is 0 Å². The molecule has 1 amide bonds. The molecule has 0 radical (unpaired) electrons. The highest BCUT2D eigenvalue weighted by molar-refractivity contribution is 7.89. The summed E-state index contributed by atoms with van der Waals surface area (Å²) >= 11 is 0. The highest BCUT2D eigenvalue weighted by Crippen LogP contribution is 2.18. The molecule has 0 atom stereocenters. The van der Waals surface area contributed by atoms with Gasteiger partial charge in [-0.25, -0.2) is 17.2 Å². The van der Waals surface area contributed by atoms with Crippen molar-refractivity contribution in [3.8, 4) is 0 Å². The number of sulfonamides is 1. The van der Waals surface area contributed by atoms with Gasteiger partial charge in [-0.05, 0) is 36.2 Å². The molecule has 1 saturated heterocycles. The molecule has 2 aromatic carbocycles. The number of nitrogens with zero attached hydrogens (tertiary/aromatic N) is 1. The van der Waals surface area contributed by atoms with Crippen molar-refractivity contribution in [3.63, 3.8) is 0 Å². The zero-order valence-corrected chi connectivity index (χ0v) is 15.8. The SMILES string of the molecule is O=C(NCCc1ccc(S(=O)(=O)N2CCOCC2)cc1)c1cc(F)cc(F)c1.